The third-order valence-corrected chi connectivity index (χ3v) is 5.10. The minimum atomic E-state index is -4.31. The quantitative estimate of drug-likeness (QED) is 0.415. The molecule has 2 aromatic rings. The largest absolute Gasteiger partial charge is 0.373 e. The smallest absolute Gasteiger partial charge is 0.294 e. The van der Waals surface area contributed by atoms with Crippen molar-refractivity contribution in [2.75, 3.05) is 36.4 Å². The van der Waals surface area contributed by atoms with E-state index in [2.05, 4.69) is 15.3 Å². The highest BCUT2D eigenvalue weighted by Gasteiger charge is 2.19. The maximum Gasteiger partial charge on any atom is 0.294 e. The number of carbonyl (C=O) groups excluding carboxylic acids is 1. The summed E-state index contributed by atoms with van der Waals surface area (Å²) in [6.45, 7) is 2.50. The second kappa shape index (κ2) is 8.68. The first-order valence-corrected chi connectivity index (χ1v) is 10.1. The highest BCUT2D eigenvalue weighted by molar-refractivity contribution is 7.85. The van der Waals surface area contributed by atoms with E-state index in [1.807, 2.05) is 15.9 Å². The van der Waals surface area contributed by atoms with Crippen molar-refractivity contribution in [1.82, 2.24) is 14.9 Å². The predicted octanol–water partition coefficient (Wildman–Crippen LogP) is 0.891. The van der Waals surface area contributed by atoms with Crippen LogP contribution < -0.4 is 10.2 Å². The molecule has 1 aliphatic rings. The molecule has 2 N–H and O–H groups in total. The van der Waals surface area contributed by atoms with Crippen molar-refractivity contribution in [2.45, 2.75) is 4.90 Å². The van der Waals surface area contributed by atoms with Crippen molar-refractivity contribution >= 4 is 27.7 Å². The molecule has 0 saturated carbocycles. The number of carbonyl (C=O) groups is 1. The monoisotopic (exact) mass is 414 g/mol. The summed E-state index contributed by atoms with van der Waals surface area (Å²) in [5.74, 6) is 0.0312. The number of nitrogens with one attached hydrogen (secondary N) is 1. The summed E-state index contributed by atoms with van der Waals surface area (Å²) in [6.07, 6.45) is 4.86. The molecule has 0 aliphatic carbocycles. The normalized spacial score (nSPS) is 15.0. The lowest BCUT2D eigenvalue weighted by molar-refractivity contribution is -0.112. The topological polar surface area (TPSA) is 140 Å². The molecule has 0 atom stereocenters. The van der Waals surface area contributed by atoms with Gasteiger partial charge in [-0.3, -0.25) is 9.35 Å². The van der Waals surface area contributed by atoms with Crippen LogP contribution in [0.15, 0.2) is 59.4 Å². The first-order chi connectivity index (χ1) is 13.9. The molecule has 1 aliphatic heterocycles. The van der Waals surface area contributed by atoms with Crippen molar-refractivity contribution in [3.63, 3.8) is 0 Å². The zero-order chi connectivity index (χ0) is 20.9. The van der Waals surface area contributed by atoms with E-state index in [1.165, 1.54) is 18.3 Å². The van der Waals surface area contributed by atoms with Crippen LogP contribution in [0, 0.1) is 11.3 Å². The number of nitrogens with zero attached hydrogens (tertiary/aromatic N) is 5. The van der Waals surface area contributed by atoms with E-state index >= 15 is 0 Å². The van der Waals surface area contributed by atoms with Gasteiger partial charge in [0.1, 0.15) is 11.6 Å². The SMILES string of the molecule is N#C/C(=C/N1CCN(c2ncccn2)CC1)C(=O)Nc1ccc(S(=O)(=O)O)cc1. The van der Waals surface area contributed by atoms with E-state index in [1.54, 1.807) is 18.5 Å². The molecule has 0 radical (unpaired) electrons. The van der Waals surface area contributed by atoms with E-state index in [4.69, 9.17) is 4.55 Å². The molecular formula is C18H18N6O4S. The van der Waals surface area contributed by atoms with E-state index < -0.39 is 16.0 Å². The Bertz CT molecular complexity index is 1040. The summed E-state index contributed by atoms with van der Waals surface area (Å²) in [5, 5.41) is 11.9. The third kappa shape index (κ3) is 5.28. The number of amides is 1. The van der Waals surface area contributed by atoms with Crippen molar-refractivity contribution in [3.05, 3.63) is 54.5 Å². The molecule has 10 nitrogen and oxygen atoms in total. The average molecular weight is 414 g/mol. The van der Waals surface area contributed by atoms with Gasteiger partial charge in [-0.2, -0.15) is 13.7 Å². The molecule has 11 heteroatoms. The Hall–Kier alpha value is -3.49. The van der Waals surface area contributed by atoms with Gasteiger partial charge in [0.05, 0.1) is 4.90 Å². The maximum atomic E-state index is 12.4. The minimum absolute atomic E-state index is 0.0757. The van der Waals surface area contributed by atoms with Crippen molar-refractivity contribution < 1.29 is 17.8 Å². The van der Waals surface area contributed by atoms with Gasteiger partial charge in [-0.1, -0.05) is 0 Å². The van der Waals surface area contributed by atoms with Gasteiger partial charge in [0.2, 0.25) is 5.95 Å². The number of hydrogen-bond donors (Lipinski definition) is 2. The highest BCUT2D eigenvalue weighted by Crippen LogP contribution is 2.15. The molecule has 0 spiro atoms. The average Bonchev–Trinajstić information content (AvgIpc) is 2.73. The molecule has 0 unspecified atom stereocenters. The summed E-state index contributed by atoms with van der Waals surface area (Å²) < 4.78 is 31.1. The second-order valence-electron chi connectivity index (χ2n) is 6.18. The molecule has 0 bridgehead atoms. The third-order valence-electron chi connectivity index (χ3n) is 4.24. The summed E-state index contributed by atoms with van der Waals surface area (Å²) >= 11 is 0. The van der Waals surface area contributed by atoms with Crippen LogP contribution in [0.1, 0.15) is 0 Å². The Labute approximate surface area is 167 Å². The van der Waals surface area contributed by atoms with Crippen LogP contribution in [-0.4, -0.2) is 59.9 Å². The Kier molecular flexibility index (Phi) is 6.06. The van der Waals surface area contributed by atoms with Crippen LogP contribution in [0.5, 0.6) is 0 Å². The van der Waals surface area contributed by atoms with Gasteiger partial charge in [-0.05, 0) is 30.3 Å². The number of rotatable bonds is 5. The van der Waals surface area contributed by atoms with Gasteiger partial charge in [0, 0.05) is 50.5 Å². The molecule has 29 heavy (non-hydrogen) atoms. The van der Waals surface area contributed by atoms with Crippen molar-refractivity contribution in [2.24, 2.45) is 0 Å². The lowest BCUT2D eigenvalue weighted by Crippen LogP contribution is -2.45. The molecule has 1 amide bonds. The summed E-state index contributed by atoms with van der Waals surface area (Å²) in [4.78, 5) is 24.4. The van der Waals surface area contributed by atoms with Gasteiger partial charge in [-0.25, -0.2) is 9.97 Å². The fraction of sp³-hybridized carbons (Fsp3) is 0.222. The number of aromatic nitrogens is 2. The fourth-order valence-electron chi connectivity index (χ4n) is 2.74. The van der Waals surface area contributed by atoms with E-state index in [0.717, 1.165) is 12.1 Å². The van der Waals surface area contributed by atoms with Crippen molar-refractivity contribution in [3.8, 4) is 6.07 Å². The van der Waals surface area contributed by atoms with Crippen molar-refractivity contribution in [1.29, 1.82) is 5.26 Å². The number of nitriles is 1. The van der Waals surface area contributed by atoms with E-state index in [0.29, 0.717) is 37.8 Å². The Morgan fingerprint density at radius 3 is 2.31 bits per heavy atom. The molecule has 1 aromatic heterocycles. The standard InChI is InChI=1S/C18H18N6O4S/c19-12-14(17(25)22-15-2-4-16(5-3-15)29(26,27)28)13-23-8-10-24(11-9-23)18-20-6-1-7-21-18/h1-7,13H,8-11H2,(H,22,25)(H,26,27,28)/b14-13-. The predicted molar refractivity (Wildman–Crippen MR) is 104 cm³/mol. The molecule has 1 saturated heterocycles. The zero-order valence-corrected chi connectivity index (χ0v) is 16.1. The molecular weight excluding hydrogens is 396 g/mol. The first-order valence-electron chi connectivity index (χ1n) is 8.63. The second-order valence-corrected chi connectivity index (χ2v) is 7.60. The van der Waals surface area contributed by atoms with Crippen LogP contribution in [0.4, 0.5) is 11.6 Å². The van der Waals surface area contributed by atoms with E-state index in [-0.39, 0.29) is 10.5 Å². The molecule has 1 aromatic carbocycles. The maximum absolute atomic E-state index is 12.4. The highest BCUT2D eigenvalue weighted by atomic mass is 32.2. The molecule has 1 fully saturated rings. The molecule has 150 valence electrons. The number of anilines is 2. The van der Waals surface area contributed by atoms with Gasteiger partial charge in [0.15, 0.2) is 0 Å². The Morgan fingerprint density at radius 2 is 1.76 bits per heavy atom. The summed E-state index contributed by atoms with van der Waals surface area (Å²) in [7, 11) is -4.31. The van der Waals surface area contributed by atoms with Gasteiger partial charge < -0.3 is 15.1 Å². The van der Waals surface area contributed by atoms with Crippen LogP contribution in [-0.2, 0) is 14.9 Å². The number of hydrogen-bond acceptors (Lipinski definition) is 8. The number of piperazine rings is 1. The lowest BCUT2D eigenvalue weighted by atomic mass is 10.2. The number of benzene rings is 1. The Morgan fingerprint density at radius 1 is 1.14 bits per heavy atom. The van der Waals surface area contributed by atoms with Crippen LogP contribution in [0.3, 0.4) is 0 Å². The van der Waals surface area contributed by atoms with Crippen LogP contribution in [0.2, 0.25) is 0 Å². The fourth-order valence-corrected chi connectivity index (χ4v) is 3.22. The lowest BCUT2D eigenvalue weighted by Gasteiger charge is -2.34. The van der Waals surface area contributed by atoms with Crippen LogP contribution in [0.25, 0.3) is 0 Å². The van der Waals surface area contributed by atoms with Gasteiger partial charge in [0.25, 0.3) is 16.0 Å². The first kappa shape index (κ1) is 20.2. The summed E-state index contributed by atoms with van der Waals surface area (Å²) in [5.41, 5.74) is 0.225. The molecule has 3 rings (SSSR count). The molecule has 2 heterocycles. The zero-order valence-electron chi connectivity index (χ0n) is 15.3. The van der Waals surface area contributed by atoms with Gasteiger partial charge >= 0.3 is 0 Å². The van der Waals surface area contributed by atoms with E-state index in [9.17, 15) is 18.5 Å². The minimum Gasteiger partial charge on any atom is -0.373 e. The van der Waals surface area contributed by atoms with Gasteiger partial charge in [-0.15, -0.1) is 0 Å². The summed E-state index contributed by atoms with van der Waals surface area (Å²) in [6, 6.07) is 8.60. The Balaban J connectivity index is 1.61. The van der Waals surface area contributed by atoms with Crippen LogP contribution >= 0.6 is 0 Å².